The monoisotopic (exact) mass is 271 g/mol. The normalized spacial score (nSPS) is 19.6. The van der Waals surface area contributed by atoms with Crippen LogP contribution in [0.5, 0.6) is 0 Å². The van der Waals surface area contributed by atoms with E-state index in [-0.39, 0.29) is 6.54 Å². The molecule has 0 saturated carbocycles. The number of carboxylic acids is 1. The maximum absolute atomic E-state index is 12.3. The number of likely N-dealkylation sites (tertiary alicyclic amines) is 1. The van der Waals surface area contributed by atoms with E-state index in [1.165, 1.54) is 9.80 Å². The highest BCUT2D eigenvalue weighted by Gasteiger charge is 2.33. The number of rotatable bonds is 4. The Morgan fingerprint density at radius 3 is 2.53 bits per heavy atom. The number of carbonyl (C=O) groups excluding carboxylic acids is 2. The second-order valence-electron chi connectivity index (χ2n) is 4.66. The van der Waals surface area contributed by atoms with Crippen LogP contribution >= 0.6 is 0 Å². The minimum absolute atomic E-state index is 0.182. The summed E-state index contributed by atoms with van der Waals surface area (Å²) in [6.07, 6.45) is 2.94. The molecular formula is C12H21N3O4. The first-order chi connectivity index (χ1) is 8.97. The van der Waals surface area contributed by atoms with Crippen molar-refractivity contribution in [3.63, 3.8) is 0 Å². The van der Waals surface area contributed by atoms with Crippen molar-refractivity contribution in [3.8, 4) is 0 Å². The summed E-state index contributed by atoms with van der Waals surface area (Å²) in [4.78, 5) is 37.1. The minimum Gasteiger partial charge on any atom is -0.480 e. The molecule has 1 heterocycles. The molecule has 1 saturated heterocycles. The second kappa shape index (κ2) is 6.96. The van der Waals surface area contributed by atoms with Crippen LogP contribution in [0.25, 0.3) is 0 Å². The van der Waals surface area contributed by atoms with Crippen LogP contribution in [0.3, 0.4) is 0 Å². The fraction of sp³-hybridized carbons (Fsp3) is 0.750. The summed E-state index contributed by atoms with van der Waals surface area (Å²) in [6, 6.07) is -1.23. The van der Waals surface area contributed by atoms with E-state index >= 15 is 0 Å². The Bertz CT molecular complexity index is 359. The maximum Gasteiger partial charge on any atom is 0.326 e. The summed E-state index contributed by atoms with van der Waals surface area (Å²) in [5.74, 6) is -1.60. The molecule has 0 aliphatic carbocycles. The van der Waals surface area contributed by atoms with Crippen molar-refractivity contribution in [3.05, 3.63) is 0 Å². The highest BCUT2D eigenvalue weighted by molar-refractivity contribution is 5.86. The first-order valence-corrected chi connectivity index (χ1v) is 6.54. The van der Waals surface area contributed by atoms with E-state index in [1.807, 2.05) is 0 Å². The molecule has 7 nitrogen and oxygen atoms in total. The fourth-order valence-corrected chi connectivity index (χ4v) is 2.28. The van der Waals surface area contributed by atoms with E-state index in [2.05, 4.69) is 0 Å². The average Bonchev–Trinajstić information content (AvgIpc) is 2.60. The molecule has 1 aliphatic rings. The number of amides is 3. The van der Waals surface area contributed by atoms with Gasteiger partial charge in [0.1, 0.15) is 12.6 Å². The van der Waals surface area contributed by atoms with Gasteiger partial charge in [-0.25, -0.2) is 9.59 Å². The zero-order valence-corrected chi connectivity index (χ0v) is 11.2. The minimum atomic E-state index is -0.995. The SMILES string of the molecule is CCN(CC(N)=O)C(=O)N1CCCCCC1C(=O)O. The Morgan fingerprint density at radius 1 is 1.32 bits per heavy atom. The number of nitrogens with zero attached hydrogens (tertiary/aromatic N) is 2. The van der Waals surface area contributed by atoms with Crippen molar-refractivity contribution in [2.45, 2.75) is 38.6 Å². The van der Waals surface area contributed by atoms with Crippen LogP contribution in [0, 0.1) is 0 Å². The zero-order valence-electron chi connectivity index (χ0n) is 11.2. The van der Waals surface area contributed by atoms with Crippen LogP contribution in [-0.2, 0) is 9.59 Å². The van der Waals surface area contributed by atoms with Gasteiger partial charge < -0.3 is 20.6 Å². The van der Waals surface area contributed by atoms with Crippen molar-refractivity contribution in [1.82, 2.24) is 9.80 Å². The topological polar surface area (TPSA) is 104 Å². The van der Waals surface area contributed by atoms with Crippen molar-refractivity contribution in [1.29, 1.82) is 0 Å². The van der Waals surface area contributed by atoms with Gasteiger partial charge >= 0.3 is 12.0 Å². The predicted octanol–water partition coefficient (Wildman–Crippen LogP) is 0.243. The number of urea groups is 1. The first-order valence-electron chi connectivity index (χ1n) is 6.54. The van der Waals surface area contributed by atoms with Gasteiger partial charge in [0.2, 0.25) is 5.91 Å². The van der Waals surface area contributed by atoms with E-state index < -0.39 is 23.9 Å². The van der Waals surface area contributed by atoms with Crippen LogP contribution in [0.15, 0.2) is 0 Å². The highest BCUT2D eigenvalue weighted by atomic mass is 16.4. The fourth-order valence-electron chi connectivity index (χ4n) is 2.28. The van der Waals surface area contributed by atoms with Crippen LogP contribution in [-0.4, -0.2) is 58.5 Å². The third-order valence-electron chi connectivity index (χ3n) is 3.28. The number of hydrogen-bond donors (Lipinski definition) is 2. The molecule has 0 aromatic rings. The van der Waals surface area contributed by atoms with Gasteiger partial charge in [0.25, 0.3) is 0 Å². The summed E-state index contributed by atoms with van der Waals surface area (Å²) in [6.45, 7) is 2.28. The molecule has 3 N–H and O–H groups in total. The lowest BCUT2D eigenvalue weighted by Gasteiger charge is -2.32. The summed E-state index contributed by atoms with van der Waals surface area (Å²) in [5.41, 5.74) is 5.09. The second-order valence-corrected chi connectivity index (χ2v) is 4.66. The van der Waals surface area contributed by atoms with Crippen LogP contribution in [0.1, 0.15) is 32.6 Å². The zero-order chi connectivity index (χ0) is 14.4. The van der Waals surface area contributed by atoms with E-state index in [1.54, 1.807) is 6.92 Å². The number of primary amides is 1. The number of aliphatic carboxylic acids is 1. The maximum atomic E-state index is 12.3. The van der Waals surface area contributed by atoms with E-state index in [4.69, 9.17) is 5.73 Å². The van der Waals surface area contributed by atoms with Gasteiger partial charge in [-0.15, -0.1) is 0 Å². The molecule has 0 aromatic carbocycles. The van der Waals surface area contributed by atoms with E-state index in [9.17, 15) is 19.5 Å². The van der Waals surface area contributed by atoms with Gasteiger partial charge in [0.05, 0.1) is 0 Å². The summed E-state index contributed by atoms with van der Waals surface area (Å²) >= 11 is 0. The van der Waals surface area contributed by atoms with Crippen molar-refractivity contribution in [2.24, 2.45) is 5.73 Å². The number of likely N-dealkylation sites (N-methyl/N-ethyl adjacent to an activating group) is 1. The van der Waals surface area contributed by atoms with Crippen LogP contribution in [0.4, 0.5) is 4.79 Å². The molecular weight excluding hydrogens is 250 g/mol. The lowest BCUT2D eigenvalue weighted by Crippen LogP contribution is -2.52. The molecule has 1 aliphatic heterocycles. The molecule has 1 fully saturated rings. The van der Waals surface area contributed by atoms with Crippen molar-refractivity contribution in [2.75, 3.05) is 19.6 Å². The number of hydrogen-bond acceptors (Lipinski definition) is 3. The van der Waals surface area contributed by atoms with Gasteiger partial charge in [0.15, 0.2) is 0 Å². The molecule has 3 amide bonds. The van der Waals surface area contributed by atoms with Crippen molar-refractivity contribution < 1.29 is 19.5 Å². The average molecular weight is 271 g/mol. The largest absolute Gasteiger partial charge is 0.480 e. The standard InChI is InChI=1S/C12H21N3O4/c1-2-14(8-10(13)16)12(19)15-7-5-3-4-6-9(15)11(17)18/h9H,2-8H2,1H3,(H2,13,16)(H,17,18). The Balaban J connectivity index is 2.84. The first kappa shape index (κ1) is 15.3. The molecule has 1 atom stereocenters. The number of carbonyl (C=O) groups is 3. The van der Waals surface area contributed by atoms with Crippen molar-refractivity contribution >= 4 is 17.9 Å². The molecule has 19 heavy (non-hydrogen) atoms. The molecule has 7 heteroatoms. The lowest BCUT2D eigenvalue weighted by atomic mass is 10.1. The van der Waals surface area contributed by atoms with E-state index in [0.717, 1.165) is 19.3 Å². The molecule has 0 radical (unpaired) electrons. The summed E-state index contributed by atoms with van der Waals surface area (Å²) in [7, 11) is 0. The molecule has 1 unspecified atom stereocenters. The quantitative estimate of drug-likeness (QED) is 0.764. The van der Waals surface area contributed by atoms with Gasteiger partial charge in [-0.05, 0) is 19.8 Å². The Kier molecular flexibility index (Phi) is 5.59. The molecule has 1 rings (SSSR count). The summed E-state index contributed by atoms with van der Waals surface area (Å²) < 4.78 is 0. The predicted molar refractivity (Wildman–Crippen MR) is 68.4 cm³/mol. The number of nitrogens with two attached hydrogens (primary N) is 1. The lowest BCUT2D eigenvalue weighted by molar-refractivity contribution is -0.142. The van der Waals surface area contributed by atoms with Crippen LogP contribution < -0.4 is 5.73 Å². The van der Waals surface area contributed by atoms with Gasteiger partial charge in [-0.2, -0.15) is 0 Å². The van der Waals surface area contributed by atoms with Crippen LogP contribution in [0.2, 0.25) is 0 Å². The van der Waals surface area contributed by atoms with Gasteiger partial charge in [0, 0.05) is 13.1 Å². The molecule has 0 spiro atoms. The Morgan fingerprint density at radius 2 is 2.00 bits per heavy atom. The number of carboxylic acid groups (broad SMARTS) is 1. The van der Waals surface area contributed by atoms with E-state index in [0.29, 0.717) is 19.5 Å². The molecule has 0 bridgehead atoms. The molecule has 108 valence electrons. The highest BCUT2D eigenvalue weighted by Crippen LogP contribution is 2.18. The third kappa shape index (κ3) is 4.11. The molecule has 0 aromatic heterocycles. The van der Waals surface area contributed by atoms with Gasteiger partial charge in [-0.1, -0.05) is 12.8 Å². The van der Waals surface area contributed by atoms with Gasteiger partial charge in [-0.3, -0.25) is 4.79 Å². The Labute approximate surface area is 112 Å². The Hall–Kier alpha value is -1.79. The third-order valence-corrected chi connectivity index (χ3v) is 3.28. The summed E-state index contributed by atoms with van der Waals surface area (Å²) in [5, 5.41) is 9.21. The smallest absolute Gasteiger partial charge is 0.326 e.